The van der Waals surface area contributed by atoms with Crippen LogP contribution in [0, 0.1) is 11.8 Å². The Hall–Kier alpha value is -1.49. The number of anilines is 1. The summed E-state index contributed by atoms with van der Waals surface area (Å²) in [4.78, 5) is 0. The van der Waals surface area contributed by atoms with E-state index in [9.17, 15) is 0 Å². The lowest BCUT2D eigenvalue weighted by molar-refractivity contribution is 0.391. The fraction of sp³-hybridized carbons (Fsp3) is 0.562. The molecule has 4 nitrogen and oxygen atoms in total. The van der Waals surface area contributed by atoms with Gasteiger partial charge in [-0.15, -0.1) is 0 Å². The molecule has 0 heterocycles. The van der Waals surface area contributed by atoms with E-state index in [1.807, 2.05) is 18.2 Å². The summed E-state index contributed by atoms with van der Waals surface area (Å²) >= 11 is 5.45. The molecule has 0 saturated heterocycles. The second-order valence-corrected chi connectivity index (χ2v) is 6.35. The fourth-order valence-electron chi connectivity index (χ4n) is 3.65. The Morgan fingerprint density at radius 3 is 2.67 bits per heavy atom. The van der Waals surface area contributed by atoms with Gasteiger partial charge in [-0.2, -0.15) is 0 Å². The van der Waals surface area contributed by atoms with E-state index in [1.54, 1.807) is 14.2 Å². The van der Waals surface area contributed by atoms with E-state index in [4.69, 9.17) is 21.7 Å². The highest BCUT2D eigenvalue weighted by Crippen LogP contribution is 2.44. The molecule has 114 valence electrons. The molecule has 0 amide bonds. The van der Waals surface area contributed by atoms with Crippen LogP contribution in [0.5, 0.6) is 11.5 Å². The first kappa shape index (κ1) is 14.4. The summed E-state index contributed by atoms with van der Waals surface area (Å²) in [5, 5.41) is 7.39. The van der Waals surface area contributed by atoms with E-state index in [-0.39, 0.29) is 0 Å². The number of ether oxygens (including phenoxy) is 2. The molecular formula is C16H22N2O2S. The minimum absolute atomic E-state index is 0.535. The Bertz CT molecular complexity index is 535. The average molecular weight is 306 g/mol. The molecule has 3 rings (SSSR count). The van der Waals surface area contributed by atoms with Crippen molar-refractivity contribution in [2.45, 2.75) is 31.7 Å². The van der Waals surface area contributed by atoms with Crippen molar-refractivity contribution in [2.75, 3.05) is 19.5 Å². The third-order valence-corrected chi connectivity index (χ3v) is 4.93. The third kappa shape index (κ3) is 3.07. The number of methoxy groups -OCH3 is 2. The first-order valence-corrected chi connectivity index (χ1v) is 7.90. The van der Waals surface area contributed by atoms with Crippen LogP contribution >= 0.6 is 12.2 Å². The smallest absolute Gasteiger partial charge is 0.171 e. The molecule has 2 bridgehead atoms. The molecule has 2 aliphatic rings. The van der Waals surface area contributed by atoms with Gasteiger partial charge in [0.15, 0.2) is 5.11 Å². The predicted molar refractivity (Wildman–Crippen MR) is 88.1 cm³/mol. The van der Waals surface area contributed by atoms with Gasteiger partial charge < -0.3 is 20.1 Å². The predicted octanol–water partition coefficient (Wildman–Crippen LogP) is 3.18. The van der Waals surface area contributed by atoms with E-state index in [0.717, 1.165) is 29.0 Å². The van der Waals surface area contributed by atoms with Gasteiger partial charge in [-0.05, 0) is 55.4 Å². The Balaban J connectivity index is 1.62. The maximum absolute atomic E-state index is 5.45. The van der Waals surface area contributed by atoms with Crippen LogP contribution in [0.1, 0.15) is 25.7 Å². The molecule has 2 fully saturated rings. The Kier molecular flexibility index (Phi) is 4.19. The van der Waals surface area contributed by atoms with Crippen molar-refractivity contribution in [3.8, 4) is 11.5 Å². The Morgan fingerprint density at radius 2 is 2.05 bits per heavy atom. The van der Waals surface area contributed by atoms with Crippen LogP contribution in [0.25, 0.3) is 0 Å². The lowest BCUT2D eigenvalue weighted by Gasteiger charge is -2.25. The van der Waals surface area contributed by atoms with Crippen molar-refractivity contribution >= 4 is 23.0 Å². The summed E-state index contributed by atoms with van der Waals surface area (Å²) in [6.07, 6.45) is 5.37. The molecule has 0 unspecified atom stereocenters. The summed E-state index contributed by atoms with van der Waals surface area (Å²) in [5.41, 5.74) is 0.860. The first-order chi connectivity index (χ1) is 10.2. The number of hydrogen-bond acceptors (Lipinski definition) is 3. The van der Waals surface area contributed by atoms with Crippen molar-refractivity contribution in [1.82, 2.24) is 5.32 Å². The van der Waals surface area contributed by atoms with Crippen molar-refractivity contribution in [2.24, 2.45) is 11.8 Å². The molecule has 1 aromatic rings. The van der Waals surface area contributed by atoms with Crippen LogP contribution in [0.3, 0.4) is 0 Å². The van der Waals surface area contributed by atoms with Crippen molar-refractivity contribution in [1.29, 1.82) is 0 Å². The monoisotopic (exact) mass is 306 g/mol. The lowest BCUT2D eigenvalue weighted by atomic mass is 9.96. The van der Waals surface area contributed by atoms with Crippen LogP contribution in [0.15, 0.2) is 18.2 Å². The van der Waals surface area contributed by atoms with Gasteiger partial charge in [0.05, 0.1) is 19.9 Å². The normalized spacial score (nSPS) is 26.5. The molecule has 2 aliphatic carbocycles. The van der Waals surface area contributed by atoms with Crippen molar-refractivity contribution < 1.29 is 9.47 Å². The largest absolute Gasteiger partial charge is 0.497 e. The van der Waals surface area contributed by atoms with Crippen LogP contribution in [0.4, 0.5) is 5.69 Å². The van der Waals surface area contributed by atoms with Gasteiger partial charge in [0.2, 0.25) is 0 Å². The summed E-state index contributed by atoms with van der Waals surface area (Å²) in [6, 6.07) is 6.20. The second kappa shape index (κ2) is 6.10. The molecule has 21 heavy (non-hydrogen) atoms. The molecule has 5 heteroatoms. The minimum Gasteiger partial charge on any atom is -0.497 e. The van der Waals surface area contributed by atoms with Crippen molar-refractivity contribution in [3.05, 3.63) is 18.2 Å². The standard InChI is InChI=1S/C16H22N2O2S/c1-19-12-5-6-13(15(9-12)20-2)17-16(21)18-14-8-10-3-4-11(14)7-10/h5-6,9-11,14H,3-4,7-8H2,1-2H3,(H2,17,18,21)/t10-,11+,14+/m0/s1. The van der Waals surface area contributed by atoms with Gasteiger partial charge in [0, 0.05) is 12.1 Å². The number of rotatable bonds is 4. The quantitative estimate of drug-likeness (QED) is 0.836. The van der Waals surface area contributed by atoms with Crippen LogP contribution < -0.4 is 20.1 Å². The maximum Gasteiger partial charge on any atom is 0.171 e. The van der Waals surface area contributed by atoms with E-state index >= 15 is 0 Å². The van der Waals surface area contributed by atoms with Gasteiger partial charge >= 0.3 is 0 Å². The van der Waals surface area contributed by atoms with Gasteiger partial charge in [-0.3, -0.25) is 0 Å². The third-order valence-electron chi connectivity index (χ3n) is 4.71. The zero-order valence-corrected chi connectivity index (χ0v) is 13.3. The van der Waals surface area contributed by atoms with Crippen LogP contribution in [0.2, 0.25) is 0 Å². The molecule has 1 aromatic carbocycles. The summed E-state index contributed by atoms with van der Waals surface area (Å²) in [6.45, 7) is 0. The zero-order chi connectivity index (χ0) is 14.8. The Labute approximate surface area is 131 Å². The average Bonchev–Trinajstić information content (AvgIpc) is 3.10. The van der Waals surface area contributed by atoms with E-state index in [1.165, 1.54) is 25.7 Å². The fourth-order valence-corrected chi connectivity index (χ4v) is 3.91. The topological polar surface area (TPSA) is 42.5 Å². The van der Waals surface area contributed by atoms with Gasteiger partial charge in [0.25, 0.3) is 0 Å². The summed E-state index contributed by atoms with van der Waals surface area (Å²) in [7, 11) is 3.29. The van der Waals surface area contributed by atoms with E-state index < -0.39 is 0 Å². The molecular weight excluding hydrogens is 284 g/mol. The minimum atomic E-state index is 0.535. The summed E-state index contributed by atoms with van der Waals surface area (Å²) in [5.74, 6) is 3.20. The second-order valence-electron chi connectivity index (χ2n) is 5.95. The maximum atomic E-state index is 5.45. The first-order valence-electron chi connectivity index (χ1n) is 7.49. The number of fused-ring (bicyclic) bond motifs is 2. The van der Waals surface area contributed by atoms with E-state index in [0.29, 0.717) is 11.2 Å². The number of benzene rings is 1. The molecule has 0 radical (unpaired) electrons. The van der Waals surface area contributed by atoms with Crippen LogP contribution in [-0.2, 0) is 0 Å². The van der Waals surface area contributed by atoms with Crippen molar-refractivity contribution in [3.63, 3.8) is 0 Å². The molecule has 3 atom stereocenters. The highest BCUT2D eigenvalue weighted by Gasteiger charge is 2.39. The highest BCUT2D eigenvalue weighted by molar-refractivity contribution is 7.80. The Morgan fingerprint density at radius 1 is 1.19 bits per heavy atom. The highest BCUT2D eigenvalue weighted by atomic mass is 32.1. The number of hydrogen-bond donors (Lipinski definition) is 2. The van der Waals surface area contributed by atoms with Gasteiger partial charge in [0.1, 0.15) is 11.5 Å². The van der Waals surface area contributed by atoms with Gasteiger partial charge in [-0.1, -0.05) is 6.42 Å². The number of thiocarbonyl (C=S) groups is 1. The zero-order valence-electron chi connectivity index (χ0n) is 12.5. The number of nitrogens with one attached hydrogen (secondary N) is 2. The summed E-state index contributed by atoms with van der Waals surface area (Å²) < 4.78 is 10.6. The molecule has 2 N–H and O–H groups in total. The SMILES string of the molecule is COc1ccc(NC(=S)N[C@@H]2C[C@H]3CC[C@@H]2C3)c(OC)c1. The van der Waals surface area contributed by atoms with Gasteiger partial charge in [-0.25, -0.2) is 0 Å². The van der Waals surface area contributed by atoms with Crippen LogP contribution in [-0.4, -0.2) is 25.4 Å². The molecule has 2 saturated carbocycles. The van der Waals surface area contributed by atoms with E-state index in [2.05, 4.69) is 10.6 Å². The molecule has 0 spiro atoms. The lowest BCUT2D eigenvalue weighted by Crippen LogP contribution is -2.40. The molecule has 0 aliphatic heterocycles. The molecule has 0 aromatic heterocycles.